The summed E-state index contributed by atoms with van der Waals surface area (Å²) in [6.07, 6.45) is 1.17. The lowest BCUT2D eigenvalue weighted by atomic mass is 10.1. The van der Waals surface area contributed by atoms with Crippen molar-refractivity contribution in [1.82, 2.24) is 5.32 Å². The fourth-order valence-electron chi connectivity index (χ4n) is 2.46. The second-order valence-electron chi connectivity index (χ2n) is 5.74. The molecule has 0 aromatic heterocycles. The Morgan fingerprint density at radius 1 is 1.08 bits per heavy atom. The molecule has 0 aliphatic carbocycles. The van der Waals surface area contributed by atoms with E-state index < -0.39 is 10.0 Å². The summed E-state index contributed by atoms with van der Waals surface area (Å²) >= 11 is 0. The molecule has 0 heterocycles. The second kappa shape index (κ2) is 7.49. The van der Waals surface area contributed by atoms with Gasteiger partial charge < -0.3 is 5.32 Å². The average molecular weight is 346 g/mol. The third kappa shape index (κ3) is 4.58. The molecule has 6 heteroatoms. The van der Waals surface area contributed by atoms with E-state index in [0.717, 1.165) is 11.1 Å². The monoisotopic (exact) mass is 346 g/mol. The summed E-state index contributed by atoms with van der Waals surface area (Å²) in [4.78, 5) is 12.2. The van der Waals surface area contributed by atoms with Crippen LogP contribution in [0, 0.1) is 13.8 Å². The lowest BCUT2D eigenvalue weighted by Gasteiger charge is -2.23. The van der Waals surface area contributed by atoms with Crippen LogP contribution in [0.4, 0.5) is 5.69 Å². The lowest BCUT2D eigenvalue weighted by molar-refractivity contribution is 0.0954. The Kier molecular flexibility index (Phi) is 5.62. The molecule has 1 N–H and O–H groups in total. The molecule has 0 bridgehead atoms. The van der Waals surface area contributed by atoms with Crippen LogP contribution < -0.4 is 9.62 Å². The third-order valence-corrected chi connectivity index (χ3v) is 4.87. The molecule has 0 saturated carbocycles. The van der Waals surface area contributed by atoms with Gasteiger partial charge in [-0.1, -0.05) is 30.3 Å². The minimum atomic E-state index is -3.42. The number of benzene rings is 2. The number of aryl methyl sites for hydroxylation is 2. The van der Waals surface area contributed by atoms with Gasteiger partial charge in [0.1, 0.15) is 0 Å². The number of rotatable bonds is 6. The van der Waals surface area contributed by atoms with Crippen molar-refractivity contribution in [2.24, 2.45) is 0 Å². The van der Waals surface area contributed by atoms with Crippen molar-refractivity contribution in [2.45, 2.75) is 13.8 Å². The molecule has 1 amide bonds. The summed E-state index contributed by atoms with van der Waals surface area (Å²) in [6, 6.07) is 14.6. The SMILES string of the molecule is Cc1cccc(N(CCNC(=O)c2ccccc2C)S(C)(=O)=O)c1. The normalized spacial score (nSPS) is 11.1. The highest BCUT2D eigenvalue weighted by atomic mass is 32.2. The maximum absolute atomic E-state index is 12.2. The van der Waals surface area contributed by atoms with E-state index in [-0.39, 0.29) is 19.0 Å². The van der Waals surface area contributed by atoms with Crippen LogP contribution in [0.15, 0.2) is 48.5 Å². The Labute approximate surface area is 143 Å². The van der Waals surface area contributed by atoms with E-state index in [1.54, 1.807) is 18.2 Å². The fraction of sp³-hybridized carbons (Fsp3) is 0.278. The van der Waals surface area contributed by atoms with Crippen molar-refractivity contribution < 1.29 is 13.2 Å². The van der Waals surface area contributed by atoms with E-state index in [4.69, 9.17) is 0 Å². The van der Waals surface area contributed by atoms with E-state index in [9.17, 15) is 13.2 Å². The van der Waals surface area contributed by atoms with Crippen molar-refractivity contribution in [3.05, 3.63) is 65.2 Å². The van der Waals surface area contributed by atoms with Crippen LogP contribution in [-0.2, 0) is 10.0 Å². The number of anilines is 1. The summed E-state index contributed by atoms with van der Waals surface area (Å²) in [6.45, 7) is 4.18. The first-order valence-corrected chi connectivity index (χ1v) is 9.52. The van der Waals surface area contributed by atoms with Crippen LogP contribution in [-0.4, -0.2) is 33.7 Å². The van der Waals surface area contributed by atoms with Crippen molar-refractivity contribution in [2.75, 3.05) is 23.7 Å². The molecule has 0 aliphatic heterocycles. The first-order chi connectivity index (χ1) is 11.3. The van der Waals surface area contributed by atoms with Crippen LogP contribution in [0.25, 0.3) is 0 Å². The molecule has 2 aromatic rings. The van der Waals surface area contributed by atoms with Crippen molar-refractivity contribution in [1.29, 1.82) is 0 Å². The zero-order valence-corrected chi connectivity index (χ0v) is 14.9. The van der Waals surface area contributed by atoms with Crippen molar-refractivity contribution >= 4 is 21.6 Å². The molecule has 0 saturated heterocycles. The highest BCUT2D eigenvalue weighted by Gasteiger charge is 2.17. The summed E-state index contributed by atoms with van der Waals surface area (Å²) in [5, 5.41) is 2.78. The van der Waals surface area contributed by atoms with E-state index in [2.05, 4.69) is 5.32 Å². The summed E-state index contributed by atoms with van der Waals surface area (Å²) in [5.41, 5.74) is 3.06. The smallest absolute Gasteiger partial charge is 0.251 e. The fourth-order valence-corrected chi connectivity index (χ4v) is 3.38. The van der Waals surface area contributed by atoms with Gasteiger partial charge in [-0.3, -0.25) is 9.10 Å². The molecule has 0 radical (unpaired) electrons. The topological polar surface area (TPSA) is 66.5 Å². The van der Waals surface area contributed by atoms with Gasteiger partial charge in [-0.05, 0) is 43.2 Å². The van der Waals surface area contributed by atoms with Gasteiger partial charge in [-0.15, -0.1) is 0 Å². The number of amides is 1. The molecule has 5 nitrogen and oxygen atoms in total. The minimum absolute atomic E-state index is 0.180. The maximum atomic E-state index is 12.2. The van der Waals surface area contributed by atoms with Gasteiger partial charge in [0.2, 0.25) is 10.0 Å². The van der Waals surface area contributed by atoms with Crippen molar-refractivity contribution in [3.63, 3.8) is 0 Å². The Hall–Kier alpha value is -2.34. The molecular formula is C18H22N2O3S. The average Bonchev–Trinajstić information content (AvgIpc) is 2.50. The number of sulfonamides is 1. The standard InChI is InChI=1S/C18H22N2O3S/c1-14-7-6-9-16(13-14)20(24(3,22)23)12-11-19-18(21)17-10-5-4-8-15(17)2/h4-10,13H,11-12H2,1-3H3,(H,19,21). The predicted octanol–water partition coefficient (Wildman–Crippen LogP) is 2.50. The summed E-state index contributed by atoms with van der Waals surface area (Å²) in [7, 11) is -3.42. The first kappa shape index (κ1) is 18.0. The molecule has 0 atom stereocenters. The van der Waals surface area contributed by atoms with Gasteiger partial charge in [0, 0.05) is 12.1 Å². The molecule has 128 valence electrons. The lowest BCUT2D eigenvalue weighted by Crippen LogP contribution is -2.38. The van der Waals surface area contributed by atoms with E-state index in [1.807, 2.05) is 44.2 Å². The van der Waals surface area contributed by atoms with Crippen LogP contribution in [0.2, 0.25) is 0 Å². The summed E-state index contributed by atoms with van der Waals surface area (Å²) < 4.78 is 25.4. The maximum Gasteiger partial charge on any atom is 0.251 e. The quantitative estimate of drug-likeness (QED) is 0.874. The second-order valence-corrected chi connectivity index (χ2v) is 7.65. The van der Waals surface area contributed by atoms with E-state index >= 15 is 0 Å². The Morgan fingerprint density at radius 3 is 2.42 bits per heavy atom. The number of hydrogen-bond donors (Lipinski definition) is 1. The van der Waals surface area contributed by atoms with Gasteiger partial charge in [-0.2, -0.15) is 0 Å². The van der Waals surface area contributed by atoms with E-state index in [0.29, 0.717) is 11.3 Å². The van der Waals surface area contributed by atoms with Gasteiger partial charge >= 0.3 is 0 Å². The molecule has 24 heavy (non-hydrogen) atoms. The Balaban J connectivity index is 2.07. The number of hydrogen-bond acceptors (Lipinski definition) is 3. The van der Waals surface area contributed by atoms with Gasteiger partial charge in [0.25, 0.3) is 5.91 Å². The summed E-state index contributed by atoms with van der Waals surface area (Å²) in [5.74, 6) is -0.203. The number of carbonyl (C=O) groups excluding carboxylic acids is 1. The van der Waals surface area contributed by atoms with E-state index in [1.165, 1.54) is 10.6 Å². The highest BCUT2D eigenvalue weighted by molar-refractivity contribution is 7.92. The van der Waals surface area contributed by atoms with Gasteiger partial charge in [-0.25, -0.2) is 8.42 Å². The van der Waals surface area contributed by atoms with Gasteiger partial charge in [0.05, 0.1) is 18.5 Å². The zero-order chi connectivity index (χ0) is 17.7. The molecule has 2 aromatic carbocycles. The van der Waals surface area contributed by atoms with Crippen LogP contribution in [0.5, 0.6) is 0 Å². The zero-order valence-electron chi connectivity index (χ0n) is 14.1. The van der Waals surface area contributed by atoms with Crippen molar-refractivity contribution in [3.8, 4) is 0 Å². The molecular weight excluding hydrogens is 324 g/mol. The molecule has 0 spiro atoms. The number of carbonyl (C=O) groups is 1. The highest BCUT2D eigenvalue weighted by Crippen LogP contribution is 2.18. The van der Waals surface area contributed by atoms with Gasteiger partial charge in [0.15, 0.2) is 0 Å². The minimum Gasteiger partial charge on any atom is -0.350 e. The van der Waals surface area contributed by atoms with Crippen LogP contribution >= 0.6 is 0 Å². The first-order valence-electron chi connectivity index (χ1n) is 7.67. The number of nitrogens with zero attached hydrogens (tertiary/aromatic N) is 1. The number of nitrogens with one attached hydrogen (secondary N) is 1. The predicted molar refractivity (Wildman–Crippen MR) is 96.9 cm³/mol. The Bertz CT molecular complexity index is 832. The molecule has 0 aliphatic rings. The van der Waals surface area contributed by atoms with Crippen LogP contribution in [0.1, 0.15) is 21.5 Å². The largest absolute Gasteiger partial charge is 0.350 e. The third-order valence-electron chi connectivity index (χ3n) is 3.68. The Morgan fingerprint density at radius 2 is 1.79 bits per heavy atom. The van der Waals surface area contributed by atoms with Crippen LogP contribution in [0.3, 0.4) is 0 Å². The molecule has 2 rings (SSSR count). The molecule has 0 fully saturated rings. The molecule has 0 unspecified atom stereocenters.